The predicted molar refractivity (Wildman–Crippen MR) is 103 cm³/mol. The summed E-state index contributed by atoms with van der Waals surface area (Å²) in [4.78, 5) is 29.7. The molecular formula is C21H21N3O3. The van der Waals surface area contributed by atoms with E-state index >= 15 is 0 Å². The van der Waals surface area contributed by atoms with Gasteiger partial charge in [0.15, 0.2) is 5.58 Å². The largest absolute Gasteiger partial charge is 0.436 e. The number of carbonyl (C=O) groups excluding carboxylic acids is 2. The van der Waals surface area contributed by atoms with Crippen LogP contribution < -0.4 is 10.6 Å². The zero-order valence-corrected chi connectivity index (χ0v) is 15.3. The molecule has 0 bridgehead atoms. The molecule has 1 saturated heterocycles. The van der Waals surface area contributed by atoms with Gasteiger partial charge in [-0.1, -0.05) is 26.0 Å². The molecule has 3 aromatic rings. The van der Waals surface area contributed by atoms with Crippen LogP contribution in [-0.2, 0) is 9.59 Å². The number of hydrogen-bond acceptors (Lipinski definition) is 4. The number of benzene rings is 2. The number of carbonyl (C=O) groups is 2. The molecule has 4 rings (SSSR count). The van der Waals surface area contributed by atoms with Gasteiger partial charge in [0.2, 0.25) is 17.7 Å². The topological polar surface area (TPSA) is 89.4 Å². The van der Waals surface area contributed by atoms with Crippen molar-refractivity contribution < 1.29 is 14.0 Å². The SMILES string of the molecule is CC(C)c1ccc(-c2nc3cc(N4C[C@H](C(N)=O)CC4=O)ccc3o2)cc1. The summed E-state index contributed by atoms with van der Waals surface area (Å²) in [6.07, 6.45) is 0.152. The first-order chi connectivity index (χ1) is 12.9. The van der Waals surface area contributed by atoms with E-state index in [0.717, 1.165) is 5.56 Å². The highest BCUT2D eigenvalue weighted by Gasteiger charge is 2.34. The predicted octanol–water partition coefficient (Wildman–Crippen LogP) is 3.46. The minimum Gasteiger partial charge on any atom is -0.436 e. The summed E-state index contributed by atoms with van der Waals surface area (Å²) in [6.45, 7) is 4.61. The van der Waals surface area contributed by atoms with E-state index in [9.17, 15) is 9.59 Å². The summed E-state index contributed by atoms with van der Waals surface area (Å²) < 4.78 is 5.87. The number of oxazole rings is 1. The molecule has 0 radical (unpaired) electrons. The maximum Gasteiger partial charge on any atom is 0.227 e. The molecule has 0 aliphatic carbocycles. The van der Waals surface area contributed by atoms with Crippen molar-refractivity contribution in [1.29, 1.82) is 0 Å². The smallest absolute Gasteiger partial charge is 0.227 e. The van der Waals surface area contributed by atoms with Crippen LogP contribution in [0.3, 0.4) is 0 Å². The van der Waals surface area contributed by atoms with Gasteiger partial charge >= 0.3 is 0 Å². The lowest BCUT2D eigenvalue weighted by atomic mass is 10.0. The summed E-state index contributed by atoms with van der Waals surface area (Å²) in [6, 6.07) is 13.6. The summed E-state index contributed by atoms with van der Waals surface area (Å²) in [7, 11) is 0. The van der Waals surface area contributed by atoms with Gasteiger partial charge in [0.25, 0.3) is 0 Å². The molecule has 2 amide bonds. The zero-order valence-electron chi connectivity index (χ0n) is 15.3. The van der Waals surface area contributed by atoms with Crippen molar-refractivity contribution in [1.82, 2.24) is 4.98 Å². The number of nitrogens with zero attached hydrogens (tertiary/aromatic N) is 2. The van der Waals surface area contributed by atoms with E-state index < -0.39 is 11.8 Å². The second-order valence-corrected chi connectivity index (χ2v) is 7.26. The number of fused-ring (bicyclic) bond motifs is 1. The van der Waals surface area contributed by atoms with Crippen molar-refractivity contribution in [3.8, 4) is 11.5 Å². The van der Waals surface area contributed by atoms with Gasteiger partial charge in [0, 0.05) is 24.2 Å². The number of nitrogens with two attached hydrogens (primary N) is 1. The average Bonchev–Trinajstić information content (AvgIpc) is 3.24. The third-order valence-corrected chi connectivity index (χ3v) is 5.03. The third kappa shape index (κ3) is 3.18. The third-order valence-electron chi connectivity index (χ3n) is 5.03. The normalized spacial score (nSPS) is 17.2. The Bertz CT molecular complexity index is 1020. The molecule has 1 aliphatic rings. The molecule has 6 nitrogen and oxygen atoms in total. The van der Waals surface area contributed by atoms with Gasteiger partial charge in [-0.05, 0) is 41.8 Å². The zero-order chi connectivity index (χ0) is 19.1. The van der Waals surface area contributed by atoms with E-state index in [0.29, 0.717) is 35.1 Å². The highest BCUT2D eigenvalue weighted by Crippen LogP contribution is 2.31. The van der Waals surface area contributed by atoms with Crippen LogP contribution in [0.2, 0.25) is 0 Å². The van der Waals surface area contributed by atoms with Crippen LogP contribution in [0.15, 0.2) is 46.9 Å². The molecule has 27 heavy (non-hydrogen) atoms. The monoisotopic (exact) mass is 363 g/mol. The van der Waals surface area contributed by atoms with Gasteiger partial charge in [-0.2, -0.15) is 0 Å². The molecule has 0 spiro atoms. The highest BCUT2D eigenvalue weighted by atomic mass is 16.3. The molecule has 1 atom stereocenters. The number of rotatable bonds is 4. The molecule has 138 valence electrons. The summed E-state index contributed by atoms with van der Waals surface area (Å²) in [5.41, 5.74) is 9.53. The first-order valence-corrected chi connectivity index (χ1v) is 9.03. The lowest BCUT2D eigenvalue weighted by Gasteiger charge is -2.15. The Morgan fingerprint density at radius 3 is 2.59 bits per heavy atom. The van der Waals surface area contributed by atoms with Crippen LogP contribution in [0.5, 0.6) is 0 Å². The van der Waals surface area contributed by atoms with Crippen molar-refractivity contribution in [2.45, 2.75) is 26.2 Å². The summed E-state index contributed by atoms with van der Waals surface area (Å²) in [5, 5.41) is 0. The fourth-order valence-electron chi connectivity index (χ4n) is 3.37. The Labute approximate surface area is 157 Å². The Balaban J connectivity index is 1.64. The lowest BCUT2D eigenvalue weighted by molar-refractivity contribution is -0.123. The minimum absolute atomic E-state index is 0.105. The maximum atomic E-state index is 12.2. The van der Waals surface area contributed by atoms with Crippen molar-refractivity contribution in [3.63, 3.8) is 0 Å². The van der Waals surface area contributed by atoms with Gasteiger partial charge in [-0.15, -0.1) is 0 Å². The number of anilines is 1. The first-order valence-electron chi connectivity index (χ1n) is 9.03. The Hall–Kier alpha value is -3.15. The fourth-order valence-corrected chi connectivity index (χ4v) is 3.37. The van der Waals surface area contributed by atoms with Gasteiger partial charge in [-0.25, -0.2) is 4.98 Å². The van der Waals surface area contributed by atoms with Crippen LogP contribution >= 0.6 is 0 Å². The molecule has 0 unspecified atom stereocenters. The maximum absolute atomic E-state index is 12.2. The molecular weight excluding hydrogens is 342 g/mol. The second-order valence-electron chi connectivity index (χ2n) is 7.26. The van der Waals surface area contributed by atoms with E-state index in [-0.39, 0.29) is 12.3 Å². The molecule has 1 aromatic heterocycles. The number of hydrogen-bond donors (Lipinski definition) is 1. The second kappa shape index (κ2) is 6.54. The van der Waals surface area contributed by atoms with Crippen LogP contribution in [0.1, 0.15) is 31.7 Å². The molecule has 2 aromatic carbocycles. The van der Waals surface area contributed by atoms with Crippen LogP contribution in [-0.4, -0.2) is 23.3 Å². The highest BCUT2D eigenvalue weighted by molar-refractivity contribution is 6.01. The number of aromatic nitrogens is 1. The van der Waals surface area contributed by atoms with Gasteiger partial charge in [0.05, 0.1) is 5.92 Å². The molecule has 2 N–H and O–H groups in total. The van der Waals surface area contributed by atoms with Gasteiger partial charge < -0.3 is 15.1 Å². The van der Waals surface area contributed by atoms with Crippen molar-refractivity contribution in [2.75, 3.05) is 11.4 Å². The lowest BCUT2D eigenvalue weighted by Crippen LogP contribution is -2.28. The van der Waals surface area contributed by atoms with Gasteiger partial charge in [0.1, 0.15) is 5.52 Å². The summed E-state index contributed by atoms with van der Waals surface area (Å²) >= 11 is 0. The van der Waals surface area contributed by atoms with Crippen molar-refractivity contribution >= 4 is 28.6 Å². The average molecular weight is 363 g/mol. The van der Waals surface area contributed by atoms with E-state index in [1.54, 1.807) is 17.0 Å². The molecule has 2 heterocycles. The molecule has 0 saturated carbocycles. The van der Waals surface area contributed by atoms with Gasteiger partial charge in [-0.3, -0.25) is 9.59 Å². The summed E-state index contributed by atoms with van der Waals surface area (Å²) in [5.74, 6) is 0.0138. The Morgan fingerprint density at radius 1 is 1.22 bits per heavy atom. The quantitative estimate of drug-likeness (QED) is 0.769. The molecule has 6 heteroatoms. The standard InChI is InChI=1S/C21H21N3O3/c1-12(2)13-3-5-14(6-4-13)21-23-17-10-16(7-8-18(17)27-21)24-11-15(20(22)26)9-19(24)25/h3-8,10,12,15H,9,11H2,1-2H3,(H2,22,26)/t15-/m1/s1. The molecule has 1 aliphatic heterocycles. The van der Waals surface area contributed by atoms with Crippen LogP contribution in [0.4, 0.5) is 5.69 Å². The van der Waals surface area contributed by atoms with Crippen LogP contribution in [0, 0.1) is 5.92 Å². The minimum atomic E-state index is -0.444. The van der Waals surface area contributed by atoms with Crippen molar-refractivity contribution in [2.24, 2.45) is 11.7 Å². The van der Waals surface area contributed by atoms with Crippen LogP contribution in [0.25, 0.3) is 22.6 Å². The number of primary amides is 1. The van der Waals surface area contributed by atoms with E-state index in [2.05, 4.69) is 31.0 Å². The van der Waals surface area contributed by atoms with E-state index in [1.807, 2.05) is 18.2 Å². The van der Waals surface area contributed by atoms with Crippen molar-refractivity contribution in [3.05, 3.63) is 48.0 Å². The first kappa shape index (κ1) is 17.3. The Morgan fingerprint density at radius 2 is 1.96 bits per heavy atom. The van der Waals surface area contributed by atoms with E-state index in [1.165, 1.54) is 5.56 Å². The molecule has 1 fully saturated rings. The van der Waals surface area contributed by atoms with E-state index in [4.69, 9.17) is 10.2 Å². The fraction of sp³-hybridized carbons (Fsp3) is 0.286. The Kier molecular flexibility index (Phi) is 4.18. The number of amides is 2.